The Morgan fingerprint density at radius 2 is 2.27 bits per heavy atom. The van der Waals surface area contributed by atoms with Crippen LogP contribution in [0.1, 0.15) is 39.5 Å². The lowest BCUT2D eigenvalue weighted by molar-refractivity contribution is 0.613. The van der Waals surface area contributed by atoms with E-state index in [9.17, 15) is 0 Å². The maximum Gasteiger partial charge on any atom is -0.0166 e. The average molecular weight is 150 g/mol. The van der Waals surface area contributed by atoms with Crippen molar-refractivity contribution in [2.24, 2.45) is 5.92 Å². The van der Waals surface area contributed by atoms with Crippen molar-refractivity contribution < 1.29 is 0 Å². The summed E-state index contributed by atoms with van der Waals surface area (Å²) in [5.74, 6) is 0.809. The van der Waals surface area contributed by atoms with E-state index in [2.05, 4.69) is 32.1 Å². The summed E-state index contributed by atoms with van der Waals surface area (Å²) < 4.78 is 0. The van der Waals surface area contributed by atoms with Gasteiger partial charge in [0.1, 0.15) is 0 Å². The molecule has 0 aliphatic heterocycles. The minimum absolute atomic E-state index is 0.809. The molecule has 0 saturated heterocycles. The Hall–Kier alpha value is -0.520. The topological polar surface area (TPSA) is 0 Å². The third-order valence-corrected chi connectivity index (χ3v) is 2.45. The lowest BCUT2D eigenvalue weighted by atomic mass is 9.97. The van der Waals surface area contributed by atoms with Gasteiger partial charge in [0.05, 0.1) is 0 Å². The summed E-state index contributed by atoms with van der Waals surface area (Å²) in [6.45, 7) is 4.53. The normalized spacial score (nSPS) is 24.5. The lowest BCUT2D eigenvalue weighted by Crippen LogP contribution is -1.94. The quantitative estimate of drug-likeness (QED) is 0.526. The second-order valence-electron chi connectivity index (χ2n) is 3.25. The van der Waals surface area contributed by atoms with Crippen molar-refractivity contribution in [2.45, 2.75) is 39.5 Å². The first kappa shape index (κ1) is 8.58. The first-order valence-electron chi connectivity index (χ1n) is 4.71. The van der Waals surface area contributed by atoms with Gasteiger partial charge in [-0.1, -0.05) is 37.6 Å². The van der Waals surface area contributed by atoms with Gasteiger partial charge in [0.15, 0.2) is 0 Å². The van der Waals surface area contributed by atoms with E-state index >= 15 is 0 Å². The zero-order chi connectivity index (χ0) is 8.10. The van der Waals surface area contributed by atoms with Crippen molar-refractivity contribution in [2.75, 3.05) is 0 Å². The molecule has 1 atom stereocenters. The van der Waals surface area contributed by atoms with Crippen molar-refractivity contribution in [3.05, 3.63) is 23.8 Å². The summed E-state index contributed by atoms with van der Waals surface area (Å²) in [6, 6.07) is 0. The average Bonchev–Trinajstić information content (AvgIpc) is 2.28. The lowest BCUT2D eigenvalue weighted by Gasteiger charge is -2.09. The third kappa shape index (κ3) is 2.53. The molecule has 1 aliphatic rings. The fourth-order valence-electron chi connectivity index (χ4n) is 1.56. The van der Waals surface area contributed by atoms with Crippen LogP contribution in [-0.4, -0.2) is 0 Å². The largest absolute Gasteiger partial charge is 0.0848 e. The Labute approximate surface area is 70.0 Å². The van der Waals surface area contributed by atoms with E-state index in [0.29, 0.717) is 0 Å². The van der Waals surface area contributed by atoms with Gasteiger partial charge in [0, 0.05) is 0 Å². The van der Waals surface area contributed by atoms with Crippen LogP contribution >= 0.6 is 0 Å². The zero-order valence-corrected chi connectivity index (χ0v) is 7.64. The highest BCUT2D eigenvalue weighted by Crippen LogP contribution is 2.22. The monoisotopic (exact) mass is 150 g/mol. The van der Waals surface area contributed by atoms with Crippen molar-refractivity contribution >= 4 is 0 Å². The molecular formula is C11H18. The smallest absolute Gasteiger partial charge is 0.0166 e. The van der Waals surface area contributed by atoms with E-state index < -0.39 is 0 Å². The van der Waals surface area contributed by atoms with Crippen molar-refractivity contribution in [3.63, 3.8) is 0 Å². The van der Waals surface area contributed by atoms with E-state index in [-0.39, 0.29) is 0 Å². The Morgan fingerprint density at radius 1 is 1.45 bits per heavy atom. The van der Waals surface area contributed by atoms with Crippen molar-refractivity contribution in [1.82, 2.24) is 0 Å². The van der Waals surface area contributed by atoms with Gasteiger partial charge in [-0.3, -0.25) is 0 Å². The molecule has 11 heavy (non-hydrogen) atoms. The van der Waals surface area contributed by atoms with Gasteiger partial charge < -0.3 is 0 Å². The van der Waals surface area contributed by atoms with Crippen molar-refractivity contribution in [1.29, 1.82) is 0 Å². The van der Waals surface area contributed by atoms with Crippen LogP contribution in [-0.2, 0) is 0 Å². The number of hydrogen-bond acceptors (Lipinski definition) is 0. The van der Waals surface area contributed by atoms with E-state index in [4.69, 9.17) is 0 Å². The molecule has 1 aliphatic carbocycles. The SMILES string of the molecule is CCC1=CCC=CC(CC)C1. The first-order valence-corrected chi connectivity index (χ1v) is 4.71. The van der Waals surface area contributed by atoms with Crippen LogP contribution in [0.2, 0.25) is 0 Å². The minimum Gasteiger partial charge on any atom is -0.0848 e. The van der Waals surface area contributed by atoms with Gasteiger partial charge >= 0.3 is 0 Å². The molecule has 0 saturated carbocycles. The van der Waals surface area contributed by atoms with Gasteiger partial charge in [-0.25, -0.2) is 0 Å². The molecule has 0 heteroatoms. The van der Waals surface area contributed by atoms with E-state index in [1.54, 1.807) is 5.57 Å². The summed E-state index contributed by atoms with van der Waals surface area (Å²) >= 11 is 0. The van der Waals surface area contributed by atoms with Crippen LogP contribution in [0, 0.1) is 5.92 Å². The molecule has 1 rings (SSSR count). The molecule has 0 bridgehead atoms. The molecule has 0 heterocycles. The molecule has 0 radical (unpaired) electrons. The summed E-state index contributed by atoms with van der Waals surface area (Å²) in [5.41, 5.74) is 1.64. The van der Waals surface area contributed by atoms with Crippen molar-refractivity contribution in [3.8, 4) is 0 Å². The van der Waals surface area contributed by atoms with Gasteiger partial charge in [-0.05, 0) is 31.6 Å². The number of rotatable bonds is 2. The van der Waals surface area contributed by atoms with Gasteiger partial charge in [0.25, 0.3) is 0 Å². The first-order chi connectivity index (χ1) is 5.36. The number of allylic oxidation sites excluding steroid dienone is 4. The van der Waals surface area contributed by atoms with Gasteiger partial charge in [-0.15, -0.1) is 0 Å². The van der Waals surface area contributed by atoms with Crippen LogP contribution in [0.15, 0.2) is 23.8 Å². The van der Waals surface area contributed by atoms with E-state index in [0.717, 1.165) is 12.3 Å². The summed E-state index contributed by atoms with van der Waals surface area (Å²) in [7, 11) is 0. The predicted octanol–water partition coefficient (Wildman–Crippen LogP) is 3.70. The molecule has 1 unspecified atom stereocenters. The summed E-state index contributed by atoms with van der Waals surface area (Å²) in [4.78, 5) is 0. The van der Waals surface area contributed by atoms with Crippen LogP contribution in [0.4, 0.5) is 0 Å². The van der Waals surface area contributed by atoms with Crippen LogP contribution in [0.25, 0.3) is 0 Å². The second kappa shape index (κ2) is 4.38. The standard InChI is InChI=1S/C11H18/c1-3-10-7-5-6-8-11(4-2)9-10/h5,7-8,10H,3-4,6,9H2,1-2H3. The van der Waals surface area contributed by atoms with Crippen LogP contribution in [0.3, 0.4) is 0 Å². The highest BCUT2D eigenvalue weighted by atomic mass is 14.1. The Kier molecular flexibility index (Phi) is 3.41. The van der Waals surface area contributed by atoms with E-state index in [1.807, 2.05) is 0 Å². The highest BCUT2D eigenvalue weighted by molar-refractivity contribution is 5.11. The Bertz CT molecular complexity index is 163. The molecule has 0 amide bonds. The third-order valence-electron chi connectivity index (χ3n) is 2.45. The second-order valence-corrected chi connectivity index (χ2v) is 3.25. The molecule has 0 aromatic rings. The van der Waals surface area contributed by atoms with Gasteiger partial charge in [0.2, 0.25) is 0 Å². The molecular weight excluding hydrogens is 132 g/mol. The van der Waals surface area contributed by atoms with Crippen LogP contribution < -0.4 is 0 Å². The molecule has 0 spiro atoms. The molecule has 0 N–H and O–H groups in total. The zero-order valence-electron chi connectivity index (χ0n) is 7.64. The Morgan fingerprint density at radius 3 is 2.91 bits per heavy atom. The molecule has 62 valence electrons. The predicted molar refractivity (Wildman–Crippen MR) is 50.5 cm³/mol. The fourth-order valence-corrected chi connectivity index (χ4v) is 1.56. The molecule has 0 nitrogen and oxygen atoms in total. The highest BCUT2D eigenvalue weighted by Gasteiger charge is 2.06. The Balaban J connectivity index is 2.55. The molecule has 0 fully saturated rings. The maximum absolute atomic E-state index is 2.38. The summed E-state index contributed by atoms with van der Waals surface area (Å²) in [5, 5.41) is 0. The fraction of sp³-hybridized carbons (Fsp3) is 0.636. The van der Waals surface area contributed by atoms with Crippen LogP contribution in [0.5, 0.6) is 0 Å². The van der Waals surface area contributed by atoms with E-state index in [1.165, 1.54) is 19.3 Å². The maximum atomic E-state index is 2.38. The molecule has 0 aromatic heterocycles. The van der Waals surface area contributed by atoms with Gasteiger partial charge in [-0.2, -0.15) is 0 Å². The molecule has 0 aromatic carbocycles. The number of hydrogen-bond donors (Lipinski definition) is 0. The summed E-state index contributed by atoms with van der Waals surface area (Å²) in [6.07, 6.45) is 12.0. The minimum atomic E-state index is 0.809.